The molecular formula is C22H26O5S. The number of aryl methyl sites for hydroxylation is 1. The Hall–Kier alpha value is -1.73. The normalized spacial score (nSPS) is 26.4. The minimum atomic E-state index is -3.93. The molecule has 0 spiro atoms. The van der Waals surface area contributed by atoms with E-state index >= 15 is 0 Å². The first-order valence-electron chi connectivity index (χ1n) is 9.87. The fourth-order valence-corrected chi connectivity index (χ4v) is 5.12. The lowest BCUT2D eigenvalue weighted by atomic mass is 9.80. The van der Waals surface area contributed by atoms with E-state index in [1.54, 1.807) is 24.3 Å². The average Bonchev–Trinajstić information content (AvgIpc) is 3.14. The number of ether oxygens (including phenoxy) is 2. The third-order valence-corrected chi connectivity index (χ3v) is 6.92. The van der Waals surface area contributed by atoms with Crippen LogP contribution in [0.2, 0.25) is 0 Å². The van der Waals surface area contributed by atoms with Crippen molar-refractivity contribution >= 4 is 10.1 Å². The zero-order chi connectivity index (χ0) is 19.6. The quantitative estimate of drug-likeness (QED) is 0.689. The van der Waals surface area contributed by atoms with Crippen LogP contribution in [0.5, 0.6) is 0 Å². The van der Waals surface area contributed by atoms with Crippen LogP contribution in [0.25, 0.3) is 0 Å². The predicted molar refractivity (Wildman–Crippen MR) is 105 cm³/mol. The summed E-state index contributed by atoms with van der Waals surface area (Å²) in [6.45, 7) is 1.99. The van der Waals surface area contributed by atoms with Crippen molar-refractivity contribution in [1.82, 2.24) is 0 Å². The van der Waals surface area contributed by atoms with Gasteiger partial charge in [0.25, 0.3) is 10.1 Å². The van der Waals surface area contributed by atoms with Crippen LogP contribution in [-0.4, -0.2) is 21.3 Å². The molecule has 0 radical (unpaired) electrons. The summed E-state index contributed by atoms with van der Waals surface area (Å²) in [6.07, 6.45) is 4.48. The summed E-state index contributed by atoms with van der Waals surface area (Å²) in [5.74, 6) is -0.769. The van der Waals surface area contributed by atoms with Gasteiger partial charge in [0.1, 0.15) is 6.61 Å². The van der Waals surface area contributed by atoms with Gasteiger partial charge in [-0.3, -0.25) is 0 Å². The molecule has 4 rings (SSSR count). The van der Waals surface area contributed by atoms with Crippen molar-refractivity contribution < 1.29 is 22.1 Å². The van der Waals surface area contributed by atoms with Crippen LogP contribution >= 0.6 is 0 Å². The molecule has 2 unspecified atom stereocenters. The molecule has 2 aromatic rings. The van der Waals surface area contributed by atoms with Gasteiger partial charge in [0.05, 0.1) is 4.90 Å². The standard InChI is InChI=1S/C22H26O5S/c1-17-12-14-20(15-13-17)28(23,24)27-21-16-25-22(26-21,18-8-4-2-5-9-18)19-10-6-3-7-11-19/h2,4-5,8-9,12-15,19,21H,3,6-7,10-11,16H2,1H3. The average molecular weight is 403 g/mol. The number of hydrogen-bond donors (Lipinski definition) is 0. The predicted octanol–water partition coefficient (Wildman–Crippen LogP) is 4.51. The zero-order valence-corrected chi connectivity index (χ0v) is 16.9. The van der Waals surface area contributed by atoms with Gasteiger partial charge in [0.2, 0.25) is 12.1 Å². The van der Waals surface area contributed by atoms with Crippen LogP contribution in [0.15, 0.2) is 59.5 Å². The Morgan fingerprint density at radius 3 is 2.32 bits per heavy atom. The highest BCUT2D eigenvalue weighted by molar-refractivity contribution is 7.86. The van der Waals surface area contributed by atoms with Crippen molar-refractivity contribution in [2.45, 2.75) is 56.0 Å². The Labute approximate surface area is 166 Å². The van der Waals surface area contributed by atoms with Crippen LogP contribution in [0.4, 0.5) is 0 Å². The smallest absolute Gasteiger partial charge is 0.299 e. The maximum atomic E-state index is 12.7. The van der Waals surface area contributed by atoms with Crippen molar-refractivity contribution in [3.05, 3.63) is 65.7 Å². The van der Waals surface area contributed by atoms with Gasteiger partial charge < -0.3 is 9.47 Å². The first-order valence-corrected chi connectivity index (χ1v) is 11.3. The molecule has 150 valence electrons. The van der Waals surface area contributed by atoms with E-state index in [1.165, 1.54) is 6.42 Å². The van der Waals surface area contributed by atoms with Crippen molar-refractivity contribution in [3.8, 4) is 0 Å². The largest absolute Gasteiger partial charge is 0.340 e. The second kappa shape index (κ2) is 7.95. The van der Waals surface area contributed by atoms with E-state index in [1.807, 2.05) is 37.3 Å². The fraction of sp³-hybridized carbons (Fsp3) is 0.455. The van der Waals surface area contributed by atoms with Crippen LogP contribution in [0.3, 0.4) is 0 Å². The topological polar surface area (TPSA) is 61.8 Å². The molecule has 2 fully saturated rings. The second-order valence-electron chi connectivity index (χ2n) is 7.59. The van der Waals surface area contributed by atoms with E-state index in [0.29, 0.717) is 0 Å². The highest BCUT2D eigenvalue weighted by Gasteiger charge is 2.50. The SMILES string of the molecule is Cc1ccc(S(=O)(=O)OC2COC(c3ccccc3)(C3CCCCC3)O2)cc1. The van der Waals surface area contributed by atoms with E-state index in [0.717, 1.165) is 36.8 Å². The van der Waals surface area contributed by atoms with Crippen molar-refractivity contribution in [2.75, 3.05) is 6.61 Å². The lowest BCUT2D eigenvalue weighted by molar-refractivity contribution is -0.238. The summed E-state index contributed by atoms with van der Waals surface area (Å²) in [7, 11) is -3.93. The van der Waals surface area contributed by atoms with E-state index in [4.69, 9.17) is 13.7 Å². The molecule has 1 saturated carbocycles. The molecule has 1 heterocycles. The molecular weight excluding hydrogens is 376 g/mol. The van der Waals surface area contributed by atoms with E-state index in [9.17, 15) is 8.42 Å². The summed E-state index contributed by atoms with van der Waals surface area (Å²) < 4.78 is 43.1. The molecule has 1 saturated heterocycles. The monoisotopic (exact) mass is 402 g/mol. The molecule has 0 bridgehead atoms. The molecule has 0 N–H and O–H groups in total. The summed E-state index contributed by atoms with van der Waals surface area (Å²) >= 11 is 0. The molecule has 28 heavy (non-hydrogen) atoms. The molecule has 2 atom stereocenters. The Morgan fingerprint density at radius 1 is 0.964 bits per heavy atom. The van der Waals surface area contributed by atoms with E-state index in [-0.39, 0.29) is 17.4 Å². The van der Waals surface area contributed by atoms with Gasteiger partial charge in [0.15, 0.2) is 0 Å². The molecule has 2 aromatic carbocycles. The Morgan fingerprint density at radius 2 is 1.64 bits per heavy atom. The maximum Gasteiger partial charge on any atom is 0.299 e. The van der Waals surface area contributed by atoms with Crippen molar-refractivity contribution in [3.63, 3.8) is 0 Å². The van der Waals surface area contributed by atoms with Gasteiger partial charge >= 0.3 is 0 Å². The number of hydrogen-bond acceptors (Lipinski definition) is 5. The minimum absolute atomic E-state index is 0.0798. The highest BCUT2D eigenvalue weighted by atomic mass is 32.2. The van der Waals surface area contributed by atoms with Gasteiger partial charge in [-0.1, -0.05) is 67.3 Å². The summed E-state index contributed by atoms with van der Waals surface area (Å²) in [6, 6.07) is 16.4. The zero-order valence-electron chi connectivity index (χ0n) is 16.0. The van der Waals surface area contributed by atoms with Gasteiger partial charge in [0, 0.05) is 11.5 Å². The third kappa shape index (κ3) is 3.87. The number of rotatable bonds is 5. The lowest BCUT2D eigenvalue weighted by Crippen LogP contribution is -2.38. The molecule has 0 aromatic heterocycles. The molecule has 0 amide bonds. The van der Waals surface area contributed by atoms with Crippen LogP contribution in [0.1, 0.15) is 43.2 Å². The van der Waals surface area contributed by atoms with Gasteiger partial charge in [-0.15, -0.1) is 0 Å². The van der Waals surface area contributed by atoms with Crippen LogP contribution in [-0.2, 0) is 29.6 Å². The van der Waals surface area contributed by atoms with E-state index < -0.39 is 22.2 Å². The Bertz CT molecular complexity index is 888. The first kappa shape index (κ1) is 19.6. The van der Waals surface area contributed by atoms with Crippen LogP contribution in [0, 0.1) is 12.8 Å². The molecule has 6 heteroatoms. The second-order valence-corrected chi connectivity index (χ2v) is 9.16. The summed E-state index contributed by atoms with van der Waals surface area (Å²) in [4.78, 5) is 0.122. The molecule has 5 nitrogen and oxygen atoms in total. The Kier molecular flexibility index (Phi) is 5.56. The minimum Gasteiger partial charge on any atom is -0.340 e. The Balaban J connectivity index is 1.57. The van der Waals surface area contributed by atoms with Gasteiger partial charge in [-0.05, 0) is 31.9 Å². The van der Waals surface area contributed by atoms with Crippen molar-refractivity contribution in [2.24, 2.45) is 5.92 Å². The highest BCUT2D eigenvalue weighted by Crippen LogP contribution is 2.47. The summed E-state index contributed by atoms with van der Waals surface area (Å²) in [5.41, 5.74) is 1.90. The molecule has 2 aliphatic rings. The van der Waals surface area contributed by atoms with E-state index in [2.05, 4.69) is 0 Å². The molecule has 1 aliphatic heterocycles. The lowest BCUT2D eigenvalue weighted by Gasteiger charge is -2.38. The summed E-state index contributed by atoms with van der Waals surface area (Å²) in [5, 5.41) is 0. The number of benzene rings is 2. The fourth-order valence-electron chi connectivity index (χ4n) is 4.16. The maximum absolute atomic E-state index is 12.7. The third-order valence-electron chi connectivity index (χ3n) is 5.60. The first-order chi connectivity index (χ1) is 13.5. The van der Waals surface area contributed by atoms with Gasteiger partial charge in [-0.2, -0.15) is 8.42 Å². The van der Waals surface area contributed by atoms with Crippen LogP contribution < -0.4 is 0 Å². The van der Waals surface area contributed by atoms with Gasteiger partial charge in [-0.25, -0.2) is 4.18 Å². The molecule has 1 aliphatic carbocycles. The van der Waals surface area contributed by atoms with Crippen molar-refractivity contribution in [1.29, 1.82) is 0 Å².